The lowest BCUT2D eigenvalue weighted by molar-refractivity contribution is -0.155. The maximum atomic E-state index is 13.1. The molecule has 0 radical (unpaired) electrons. The molecule has 168 valence electrons. The predicted molar refractivity (Wildman–Crippen MR) is 121 cm³/mol. The van der Waals surface area contributed by atoms with Crippen molar-refractivity contribution in [2.75, 3.05) is 11.9 Å². The summed E-state index contributed by atoms with van der Waals surface area (Å²) in [6.45, 7) is -0.221. The zero-order valence-electron chi connectivity index (χ0n) is 18.0. The zero-order chi connectivity index (χ0) is 21.6. The second kappa shape index (κ2) is 10.5. The SMILES string of the molecule is O=C(C[C@@H]1Sc2ccccc2NC1=O)OCC(=O)N(C1CCCCC1)C1CCCCC1. The van der Waals surface area contributed by atoms with E-state index in [-0.39, 0.29) is 36.9 Å². The number of benzene rings is 1. The second-order valence-corrected chi connectivity index (χ2v) is 10.1. The van der Waals surface area contributed by atoms with Crippen molar-refractivity contribution in [2.45, 2.75) is 92.9 Å². The van der Waals surface area contributed by atoms with Crippen LogP contribution in [0.15, 0.2) is 29.2 Å². The van der Waals surface area contributed by atoms with Gasteiger partial charge in [0.25, 0.3) is 5.91 Å². The molecule has 1 aliphatic heterocycles. The number of nitrogens with one attached hydrogen (secondary N) is 1. The molecule has 2 amide bonds. The summed E-state index contributed by atoms with van der Waals surface area (Å²) in [5.74, 6) is -0.760. The van der Waals surface area contributed by atoms with Crippen LogP contribution in [0.3, 0.4) is 0 Å². The van der Waals surface area contributed by atoms with Gasteiger partial charge in [0.2, 0.25) is 5.91 Å². The lowest BCUT2D eigenvalue weighted by Gasteiger charge is -2.41. The largest absolute Gasteiger partial charge is 0.456 e. The van der Waals surface area contributed by atoms with Crippen LogP contribution in [0.2, 0.25) is 0 Å². The van der Waals surface area contributed by atoms with Gasteiger partial charge in [0.1, 0.15) is 0 Å². The smallest absolute Gasteiger partial charge is 0.307 e. The maximum Gasteiger partial charge on any atom is 0.307 e. The summed E-state index contributed by atoms with van der Waals surface area (Å²) in [4.78, 5) is 40.9. The van der Waals surface area contributed by atoms with Crippen LogP contribution in [0.25, 0.3) is 0 Å². The third-order valence-corrected chi connectivity index (χ3v) is 7.91. The van der Waals surface area contributed by atoms with E-state index in [1.807, 2.05) is 24.3 Å². The first-order valence-electron chi connectivity index (χ1n) is 11.6. The molecule has 2 saturated carbocycles. The van der Waals surface area contributed by atoms with Crippen LogP contribution in [0, 0.1) is 0 Å². The number of carbonyl (C=O) groups excluding carboxylic acids is 3. The summed E-state index contributed by atoms with van der Waals surface area (Å²) in [6, 6.07) is 8.09. The van der Waals surface area contributed by atoms with Gasteiger partial charge in [0.05, 0.1) is 17.4 Å². The minimum atomic E-state index is -0.537. The lowest BCUT2D eigenvalue weighted by Crippen LogP contribution is -2.50. The molecule has 0 unspecified atom stereocenters. The van der Waals surface area contributed by atoms with Gasteiger partial charge < -0.3 is 15.0 Å². The molecular formula is C24H32N2O4S. The van der Waals surface area contributed by atoms with E-state index in [0.717, 1.165) is 61.9 Å². The van der Waals surface area contributed by atoms with Crippen molar-refractivity contribution >= 4 is 35.2 Å². The lowest BCUT2D eigenvalue weighted by atomic mass is 9.88. The molecular weight excluding hydrogens is 412 g/mol. The summed E-state index contributed by atoms with van der Waals surface area (Å²) >= 11 is 1.37. The van der Waals surface area contributed by atoms with Crippen LogP contribution >= 0.6 is 11.8 Å². The molecule has 6 nitrogen and oxygen atoms in total. The third-order valence-electron chi connectivity index (χ3n) is 6.64. The van der Waals surface area contributed by atoms with Crippen molar-refractivity contribution < 1.29 is 19.1 Å². The summed E-state index contributed by atoms with van der Waals surface area (Å²) in [5.41, 5.74) is 0.771. The molecule has 1 aromatic rings. The normalized spacial score (nSPS) is 22.3. The number of ether oxygens (including phenoxy) is 1. The van der Waals surface area contributed by atoms with E-state index in [0.29, 0.717) is 0 Å². The highest BCUT2D eigenvalue weighted by atomic mass is 32.2. The molecule has 0 spiro atoms. The number of para-hydroxylation sites is 1. The highest BCUT2D eigenvalue weighted by Gasteiger charge is 2.34. The number of anilines is 1. The number of thioether (sulfide) groups is 1. The summed E-state index contributed by atoms with van der Waals surface area (Å²) in [5, 5.41) is 2.30. The van der Waals surface area contributed by atoms with Gasteiger partial charge >= 0.3 is 5.97 Å². The van der Waals surface area contributed by atoms with Crippen molar-refractivity contribution in [3.63, 3.8) is 0 Å². The summed E-state index contributed by atoms with van der Waals surface area (Å²) in [7, 11) is 0. The van der Waals surface area contributed by atoms with E-state index in [1.54, 1.807) is 0 Å². The third kappa shape index (κ3) is 5.62. The molecule has 2 aliphatic carbocycles. The van der Waals surface area contributed by atoms with E-state index in [1.165, 1.54) is 24.6 Å². The highest BCUT2D eigenvalue weighted by molar-refractivity contribution is 8.01. The van der Waals surface area contributed by atoms with Crippen LogP contribution in [0.5, 0.6) is 0 Å². The number of rotatable bonds is 6. The van der Waals surface area contributed by atoms with E-state index >= 15 is 0 Å². The van der Waals surface area contributed by atoms with Crippen LogP contribution in [-0.2, 0) is 19.1 Å². The van der Waals surface area contributed by atoms with Crippen molar-refractivity contribution in [2.24, 2.45) is 0 Å². The number of esters is 1. The number of hydrogen-bond acceptors (Lipinski definition) is 5. The Morgan fingerprint density at radius 2 is 1.58 bits per heavy atom. The molecule has 31 heavy (non-hydrogen) atoms. The van der Waals surface area contributed by atoms with Crippen molar-refractivity contribution in [3.05, 3.63) is 24.3 Å². The van der Waals surface area contributed by atoms with Crippen LogP contribution in [0.1, 0.15) is 70.6 Å². The molecule has 0 saturated heterocycles. The summed E-state index contributed by atoms with van der Waals surface area (Å²) in [6.07, 6.45) is 11.3. The maximum absolute atomic E-state index is 13.1. The van der Waals surface area contributed by atoms with Gasteiger partial charge in [-0.05, 0) is 37.8 Å². The standard InChI is InChI=1S/C24H32N2O4S/c27-22(26(17-9-3-1-4-10-17)18-11-5-2-6-12-18)16-30-23(28)15-21-24(29)25-19-13-7-8-14-20(19)31-21/h7-8,13-14,17-18,21H,1-6,9-12,15-16H2,(H,25,29)/t21-/m0/s1. The number of carbonyl (C=O) groups is 3. The van der Waals surface area contributed by atoms with Crippen LogP contribution in [0.4, 0.5) is 5.69 Å². The Balaban J connectivity index is 1.32. The van der Waals surface area contributed by atoms with Gasteiger partial charge in [-0.3, -0.25) is 14.4 Å². The Bertz CT molecular complexity index is 785. The van der Waals surface area contributed by atoms with Gasteiger partial charge in [0.15, 0.2) is 6.61 Å². The quantitative estimate of drug-likeness (QED) is 0.653. The number of fused-ring (bicyclic) bond motifs is 1. The topological polar surface area (TPSA) is 75.7 Å². The number of nitrogens with zero attached hydrogens (tertiary/aromatic N) is 1. The molecule has 1 aromatic carbocycles. The Labute approximate surface area is 188 Å². The fourth-order valence-corrected chi connectivity index (χ4v) is 6.17. The number of amides is 2. The van der Waals surface area contributed by atoms with Crippen molar-refractivity contribution in [3.8, 4) is 0 Å². The molecule has 1 heterocycles. The second-order valence-electron chi connectivity index (χ2n) is 8.84. The Kier molecular flexibility index (Phi) is 7.54. The van der Waals surface area contributed by atoms with Crippen molar-refractivity contribution in [1.82, 2.24) is 4.90 Å². The first-order valence-corrected chi connectivity index (χ1v) is 12.5. The highest BCUT2D eigenvalue weighted by Crippen LogP contribution is 2.36. The molecule has 1 atom stereocenters. The van der Waals surface area contributed by atoms with Gasteiger partial charge in [0, 0.05) is 17.0 Å². The van der Waals surface area contributed by atoms with Gasteiger partial charge in [-0.1, -0.05) is 50.7 Å². The van der Waals surface area contributed by atoms with E-state index in [2.05, 4.69) is 10.2 Å². The molecule has 3 aliphatic rings. The molecule has 0 aromatic heterocycles. The molecule has 0 bridgehead atoms. The van der Waals surface area contributed by atoms with Crippen LogP contribution in [-0.4, -0.2) is 46.6 Å². The Morgan fingerprint density at radius 1 is 0.968 bits per heavy atom. The van der Waals surface area contributed by atoms with Crippen molar-refractivity contribution in [1.29, 1.82) is 0 Å². The molecule has 4 rings (SSSR count). The van der Waals surface area contributed by atoms with Gasteiger partial charge in [-0.25, -0.2) is 0 Å². The van der Waals surface area contributed by atoms with Gasteiger partial charge in [-0.2, -0.15) is 0 Å². The van der Waals surface area contributed by atoms with E-state index < -0.39 is 11.2 Å². The minimum absolute atomic E-state index is 0.0367. The monoisotopic (exact) mass is 444 g/mol. The zero-order valence-corrected chi connectivity index (χ0v) is 18.8. The minimum Gasteiger partial charge on any atom is -0.456 e. The molecule has 2 fully saturated rings. The Morgan fingerprint density at radius 3 is 2.23 bits per heavy atom. The predicted octanol–water partition coefficient (Wildman–Crippen LogP) is 4.53. The average Bonchev–Trinajstić information content (AvgIpc) is 2.80. The first kappa shape index (κ1) is 22.2. The van der Waals surface area contributed by atoms with Gasteiger partial charge in [-0.15, -0.1) is 11.8 Å². The fraction of sp³-hybridized carbons (Fsp3) is 0.625. The summed E-state index contributed by atoms with van der Waals surface area (Å²) < 4.78 is 5.38. The molecule has 1 N–H and O–H groups in total. The fourth-order valence-electron chi connectivity index (χ4n) is 5.08. The van der Waals surface area contributed by atoms with E-state index in [9.17, 15) is 14.4 Å². The van der Waals surface area contributed by atoms with Crippen LogP contribution < -0.4 is 5.32 Å². The molecule has 7 heteroatoms. The average molecular weight is 445 g/mol. The van der Waals surface area contributed by atoms with E-state index in [4.69, 9.17) is 4.74 Å². The Hall–Kier alpha value is -2.02. The number of hydrogen-bond donors (Lipinski definition) is 1. The first-order chi connectivity index (χ1) is 15.1.